The monoisotopic (exact) mass is 475 g/mol. The van der Waals surface area contributed by atoms with E-state index in [1.54, 1.807) is 24.3 Å². The number of amides is 2. The van der Waals surface area contributed by atoms with E-state index in [1.807, 2.05) is 48.7 Å². The van der Waals surface area contributed by atoms with Gasteiger partial charge in [-0.3, -0.25) is 9.59 Å². The summed E-state index contributed by atoms with van der Waals surface area (Å²) >= 11 is 6.20. The quantitative estimate of drug-likeness (QED) is 0.373. The van der Waals surface area contributed by atoms with Gasteiger partial charge in [0.1, 0.15) is 6.04 Å². The predicted molar refractivity (Wildman–Crippen MR) is 129 cm³/mol. The number of hydrogen-bond acceptors (Lipinski definition) is 4. The van der Waals surface area contributed by atoms with Gasteiger partial charge in [-0.15, -0.1) is 0 Å². The van der Waals surface area contributed by atoms with E-state index in [0.717, 1.165) is 22.0 Å². The average molecular weight is 476 g/mol. The van der Waals surface area contributed by atoms with E-state index in [0.29, 0.717) is 28.5 Å². The number of H-pyrrole nitrogens is 1. The van der Waals surface area contributed by atoms with Gasteiger partial charge in [0.05, 0.1) is 10.6 Å². The first kappa shape index (κ1) is 21.9. The molecule has 1 aliphatic rings. The number of halogens is 1. The summed E-state index contributed by atoms with van der Waals surface area (Å²) in [6.07, 6.45) is 2.18. The van der Waals surface area contributed by atoms with Crippen LogP contribution >= 0.6 is 11.6 Å². The lowest BCUT2D eigenvalue weighted by molar-refractivity contribution is -0.123. The fourth-order valence-corrected chi connectivity index (χ4v) is 4.20. The van der Waals surface area contributed by atoms with Crippen LogP contribution in [-0.4, -0.2) is 29.6 Å². The molecule has 0 saturated carbocycles. The smallest absolute Gasteiger partial charge is 0.253 e. The van der Waals surface area contributed by atoms with Gasteiger partial charge < -0.3 is 25.1 Å². The van der Waals surface area contributed by atoms with Gasteiger partial charge in [-0.25, -0.2) is 0 Å². The van der Waals surface area contributed by atoms with Crippen molar-refractivity contribution in [3.63, 3.8) is 0 Å². The number of hydrogen-bond donors (Lipinski definition) is 3. The Bertz CT molecular complexity index is 1370. The molecule has 34 heavy (non-hydrogen) atoms. The third-order valence-electron chi connectivity index (χ3n) is 5.74. The second-order valence-electron chi connectivity index (χ2n) is 7.97. The topological polar surface area (TPSA) is 92.5 Å². The molecule has 0 radical (unpaired) electrons. The second-order valence-corrected chi connectivity index (χ2v) is 8.38. The third-order valence-corrected chi connectivity index (χ3v) is 6.07. The first-order valence-corrected chi connectivity index (χ1v) is 11.2. The van der Waals surface area contributed by atoms with Crippen LogP contribution in [0.3, 0.4) is 0 Å². The molecule has 2 heterocycles. The van der Waals surface area contributed by atoms with E-state index in [1.165, 1.54) is 0 Å². The number of ether oxygens (including phenoxy) is 2. The van der Waals surface area contributed by atoms with Crippen LogP contribution in [0.5, 0.6) is 11.5 Å². The molecule has 0 saturated heterocycles. The van der Waals surface area contributed by atoms with Crippen LogP contribution in [0.25, 0.3) is 10.9 Å². The number of aromatic nitrogens is 1. The van der Waals surface area contributed by atoms with Crippen molar-refractivity contribution in [3.8, 4) is 11.5 Å². The Morgan fingerprint density at radius 3 is 2.68 bits per heavy atom. The molecular formula is C26H22ClN3O4. The molecule has 0 aliphatic carbocycles. The highest BCUT2D eigenvalue weighted by atomic mass is 35.5. The molecule has 8 heteroatoms. The normalized spacial score (nSPS) is 13.0. The Balaban J connectivity index is 1.35. The number of aromatic amines is 1. The van der Waals surface area contributed by atoms with E-state index in [4.69, 9.17) is 21.1 Å². The van der Waals surface area contributed by atoms with Crippen LogP contribution in [0.1, 0.15) is 21.5 Å². The van der Waals surface area contributed by atoms with Crippen LogP contribution < -0.4 is 20.1 Å². The highest BCUT2D eigenvalue weighted by molar-refractivity contribution is 6.33. The maximum absolute atomic E-state index is 13.2. The number of nitrogens with one attached hydrogen (secondary N) is 3. The lowest BCUT2D eigenvalue weighted by Gasteiger charge is -2.19. The highest BCUT2D eigenvalue weighted by Crippen LogP contribution is 2.32. The third kappa shape index (κ3) is 4.56. The minimum Gasteiger partial charge on any atom is -0.454 e. The van der Waals surface area contributed by atoms with Crippen LogP contribution in [0.4, 0.5) is 0 Å². The van der Waals surface area contributed by atoms with Gasteiger partial charge in [-0.2, -0.15) is 0 Å². The van der Waals surface area contributed by atoms with Crippen LogP contribution in [-0.2, 0) is 17.8 Å². The summed E-state index contributed by atoms with van der Waals surface area (Å²) in [4.78, 5) is 29.4. The van der Waals surface area contributed by atoms with Gasteiger partial charge in [-0.1, -0.05) is 48.0 Å². The molecule has 1 aromatic heterocycles. The Morgan fingerprint density at radius 1 is 1.00 bits per heavy atom. The zero-order chi connectivity index (χ0) is 23.5. The van der Waals surface area contributed by atoms with Gasteiger partial charge in [0, 0.05) is 30.1 Å². The number of carbonyl (C=O) groups is 2. The van der Waals surface area contributed by atoms with E-state index in [9.17, 15) is 9.59 Å². The second kappa shape index (κ2) is 9.49. The largest absolute Gasteiger partial charge is 0.454 e. The van der Waals surface area contributed by atoms with E-state index >= 15 is 0 Å². The van der Waals surface area contributed by atoms with Gasteiger partial charge in [0.25, 0.3) is 5.91 Å². The first-order chi connectivity index (χ1) is 16.6. The average Bonchev–Trinajstić information content (AvgIpc) is 3.49. The molecule has 2 amide bonds. The van der Waals surface area contributed by atoms with Crippen LogP contribution in [0.2, 0.25) is 5.02 Å². The Morgan fingerprint density at radius 2 is 1.79 bits per heavy atom. The Hall–Kier alpha value is -3.97. The van der Waals surface area contributed by atoms with Crippen molar-refractivity contribution in [1.82, 2.24) is 15.6 Å². The number of benzene rings is 3. The summed E-state index contributed by atoms with van der Waals surface area (Å²) in [7, 11) is 0. The molecule has 0 spiro atoms. The molecule has 1 aliphatic heterocycles. The lowest BCUT2D eigenvalue weighted by Crippen LogP contribution is -2.47. The summed E-state index contributed by atoms with van der Waals surface area (Å²) in [5.41, 5.74) is 3.07. The SMILES string of the molecule is O=C(NC(Cc1c[nH]c2ccccc12)C(=O)NCc1ccc2c(c1)OCO2)c1ccccc1Cl. The molecule has 1 atom stereocenters. The van der Waals surface area contributed by atoms with Gasteiger partial charge in [0.15, 0.2) is 11.5 Å². The zero-order valence-corrected chi connectivity index (χ0v) is 18.9. The number of para-hydroxylation sites is 1. The maximum Gasteiger partial charge on any atom is 0.253 e. The van der Waals surface area contributed by atoms with Crippen molar-refractivity contribution in [2.45, 2.75) is 19.0 Å². The first-order valence-electron chi connectivity index (χ1n) is 10.8. The molecule has 1 unspecified atom stereocenters. The molecule has 4 aromatic rings. The number of fused-ring (bicyclic) bond motifs is 2. The Kier molecular flexibility index (Phi) is 6.10. The number of rotatable bonds is 7. The number of carbonyl (C=O) groups excluding carboxylic acids is 2. The zero-order valence-electron chi connectivity index (χ0n) is 18.1. The van der Waals surface area contributed by atoms with Gasteiger partial charge in [0.2, 0.25) is 12.7 Å². The molecule has 3 N–H and O–H groups in total. The van der Waals surface area contributed by atoms with Crippen molar-refractivity contribution >= 4 is 34.3 Å². The van der Waals surface area contributed by atoms with Gasteiger partial charge >= 0.3 is 0 Å². The lowest BCUT2D eigenvalue weighted by atomic mass is 10.0. The summed E-state index contributed by atoms with van der Waals surface area (Å²) in [5.74, 6) is 0.616. The van der Waals surface area contributed by atoms with Gasteiger partial charge in [-0.05, 0) is 41.5 Å². The molecule has 0 fully saturated rings. The van der Waals surface area contributed by atoms with E-state index in [2.05, 4.69) is 15.6 Å². The molecule has 172 valence electrons. The molecule has 7 nitrogen and oxygen atoms in total. The fourth-order valence-electron chi connectivity index (χ4n) is 3.97. The molecular weight excluding hydrogens is 454 g/mol. The van der Waals surface area contributed by atoms with Crippen LogP contribution in [0, 0.1) is 0 Å². The molecule has 3 aromatic carbocycles. The van der Waals surface area contributed by atoms with Crippen molar-refractivity contribution in [2.75, 3.05) is 6.79 Å². The standard InChI is InChI=1S/C26H22ClN3O4/c27-20-7-3-1-6-19(20)25(31)30-22(12-17-14-28-21-8-4-2-5-18(17)21)26(32)29-13-16-9-10-23-24(11-16)34-15-33-23/h1-11,14,22,28H,12-13,15H2,(H,29,32)(H,30,31). The summed E-state index contributed by atoms with van der Waals surface area (Å²) in [6.45, 7) is 0.466. The minimum atomic E-state index is -0.808. The summed E-state index contributed by atoms with van der Waals surface area (Å²) in [6, 6.07) is 19.3. The molecule has 5 rings (SSSR count). The van der Waals surface area contributed by atoms with Crippen molar-refractivity contribution in [2.24, 2.45) is 0 Å². The summed E-state index contributed by atoms with van der Waals surface area (Å²) in [5, 5.41) is 7.12. The van der Waals surface area contributed by atoms with Crippen molar-refractivity contribution in [1.29, 1.82) is 0 Å². The van der Waals surface area contributed by atoms with E-state index in [-0.39, 0.29) is 19.2 Å². The predicted octanol–water partition coefficient (Wildman–Crippen LogP) is 4.21. The highest BCUT2D eigenvalue weighted by Gasteiger charge is 2.24. The van der Waals surface area contributed by atoms with E-state index < -0.39 is 11.9 Å². The van der Waals surface area contributed by atoms with Crippen LogP contribution in [0.15, 0.2) is 72.9 Å². The minimum absolute atomic E-state index is 0.186. The summed E-state index contributed by atoms with van der Waals surface area (Å²) < 4.78 is 10.7. The maximum atomic E-state index is 13.2. The van der Waals surface area contributed by atoms with Crippen molar-refractivity contribution < 1.29 is 19.1 Å². The molecule has 0 bridgehead atoms. The van der Waals surface area contributed by atoms with Crippen molar-refractivity contribution in [3.05, 3.63) is 94.6 Å². The fraction of sp³-hybridized carbons (Fsp3) is 0.154. The Labute approximate surface area is 201 Å².